The quantitative estimate of drug-likeness (QED) is 0.815. The van der Waals surface area contributed by atoms with E-state index in [4.69, 9.17) is 0 Å². The van der Waals surface area contributed by atoms with E-state index in [0.717, 1.165) is 69.3 Å². The van der Waals surface area contributed by atoms with E-state index < -0.39 is 0 Å². The van der Waals surface area contributed by atoms with Crippen molar-refractivity contribution in [2.75, 3.05) is 13.1 Å². The van der Waals surface area contributed by atoms with Crippen LogP contribution in [0.25, 0.3) is 0 Å². The van der Waals surface area contributed by atoms with Crippen LogP contribution >= 0.6 is 0 Å². The molecule has 1 aliphatic carbocycles. The van der Waals surface area contributed by atoms with Gasteiger partial charge in [0.15, 0.2) is 0 Å². The van der Waals surface area contributed by atoms with Crippen LogP contribution in [0.2, 0.25) is 0 Å². The van der Waals surface area contributed by atoms with Gasteiger partial charge in [-0.2, -0.15) is 5.10 Å². The molecule has 0 amide bonds. The Kier molecular flexibility index (Phi) is 4.11. The number of rotatable bonds is 5. The highest BCUT2D eigenvalue weighted by Crippen LogP contribution is 2.38. The van der Waals surface area contributed by atoms with E-state index in [1.807, 2.05) is 6.07 Å². The molecule has 0 spiro atoms. The van der Waals surface area contributed by atoms with Gasteiger partial charge >= 0.3 is 0 Å². The third-order valence-corrected chi connectivity index (χ3v) is 6.07. The fourth-order valence-corrected chi connectivity index (χ4v) is 4.29. The summed E-state index contributed by atoms with van der Waals surface area (Å²) in [5, 5.41) is 13.3. The van der Waals surface area contributed by atoms with Gasteiger partial charge in [-0.15, -0.1) is 10.2 Å². The fraction of sp³-hybridized carbons (Fsp3) is 0.684. The Morgan fingerprint density at radius 2 is 1.88 bits per heavy atom. The summed E-state index contributed by atoms with van der Waals surface area (Å²) in [6, 6.07) is 3.61. The molecule has 7 nitrogen and oxygen atoms in total. The second kappa shape index (κ2) is 6.61. The molecule has 0 atom stereocenters. The highest BCUT2D eigenvalue weighted by molar-refractivity contribution is 5.12. The molecule has 26 heavy (non-hydrogen) atoms. The molecule has 0 unspecified atom stereocenters. The van der Waals surface area contributed by atoms with E-state index in [9.17, 15) is 4.79 Å². The molecule has 0 aromatic carbocycles. The number of hydrogen-bond donors (Lipinski definition) is 0. The third-order valence-electron chi connectivity index (χ3n) is 6.07. The highest BCUT2D eigenvalue weighted by Gasteiger charge is 2.27. The summed E-state index contributed by atoms with van der Waals surface area (Å²) in [5.41, 5.74) is 1.14. The minimum atomic E-state index is 0.0378. The number of fused-ring (bicyclic) bond motifs is 1. The Bertz CT molecular complexity index is 844. The van der Waals surface area contributed by atoms with Crippen molar-refractivity contribution in [1.82, 2.24) is 29.4 Å². The number of aromatic nitrogens is 5. The molecule has 5 rings (SSSR count). The van der Waals surface area contributed by atoms with Crippen molar-refractivity contribution in [2.45, 2.75) is 64.1 Å². The molecular formula is C19H26N6O. The van der Waals surface area contributed by atoms with Crippen LogP contribution in [0.4, 0.5) is 0 Å². The lowest BCUT2D eigenvalue weighted by Gasteiger charge is -2.31. The predicted molar refractivity (Wildman–Crippen MR) is 96.8 cm³/mol. The van der Waals surface area contributed by atoms with Gasteiger partial charge < -0.3 is 4.57 Å². The van der Waals surface area contributed by atoms with Crippen LogP contribution in [0.5, 0.6) is 0 Å². The van der Waals surface area contributed by atoms with Crippen molar-refractivity contribution >= 4 is 0 Å². The molecule has 0 radical (unpaired) electrons. The minimum Gasteiger partial charge on any atom is -0.314 e. The van der Waals surface area contributed by atoms with E-state index in [2.05, 4.69) is 24.8 Å². The smallest absolute Gasteiger partial charge is 0.266 e. The molecule has 138 valence electrons. The van der Waals surface area contributed by atoms with Crippen LogP contribution in [0.15, 0.2) is 16.9 Å². The summed E-state index contributed by atoms with van der Waals surface area (Å²) in [6.07, 6.45) is 6.93. The number of nitrogens with zero attached hydrogens (tertiary/aromatic N) is 6. The van der Waals surface area contributed by atoms with E-state index >= 15 is 0 Å². The Balaban J connectivity index is 1.18. The van der Waals surface area contributed by atoms with Gasteiger partial charge in [0.25, 0.3) is 5.56 Å². The molecule has 2 aromatic heterocycles. The van der Waals surface area contributed by atoms with Crippen molar-refractivity contribution in [3.8, 4) is 0 Å². The van der Waals surface area contributed by atoms with Crippen LogP contribution in [0.1, 0.15) is 55.4 Å². The summed E-state index contributed by atoms with van der Waals surface area (Å²) in [6.45, 7) is 4.84. The van der Waals surface area contributed by atoms with Crippen molar-refractivity contribution in [1.29, 1.82) is 0 Å². The van der Waals surface area contributed by atoms with Crippen LogP contribution < -0.4 is 5.56 Å². The van der Waals surface area contributed by atoms with E-state index in [1.165, 1.54) is 19.3 Å². The molecule has 2 aromatic rings. The first-order valence-electron chi connectivity index (χ1n) is 9.97. The maximum absolute atomic E-state index is 12.1. The summed E-state index contributed by atoms with van der Waals surface area (Å²) in [7, 11) is 0. The molecule has 2 fully saturated rings. The first-order chi connectivity index (χ1) is 12.8. The first-order valence-corrected chi connectivity index (χ1v) is 9.97. The second-order valence-electron chi connectivity index (χ2n) is 8.06. The standard InChI is InChI=1S/C19H26N6O/c26-19-6-5-16(15-3-4-15)22-25(19)12-14-7-10-23(11-8-14)13-18-21-20-17-2-1-9-24(17)18/h5-6,14-15H,1-4,7-13H2. The van der Waals surface area contributed by atoms with Gasteiger partial charge in [-0.05, 0) is 57.2 Å². The zero-order valence-corrected chi connectivity index (χ0v) is 15.2. The predicted octanol–water partition coefficient (Wildman–Crippen LogP) is 1.57. The molecule has 0 bridgehead atoms. The fourth-order valence-electron chi connectivity index (χ4n) is 4.29. The zero-order valence-electron chi connectivity index (χ0n) is 15.2. The normalized spacial score (nSPS) is 21.2. The maximum atomic E-state index is 12.1. The molecule has 4 heterocycles. The molecule has 7 heteroatoms. The Hall–Kier alpha value is -2.02. The van der Waals surface area contributed by atoms with Crippen LogP contribution in [0.3, 0.4) is 0 Å². The molecule has 0 N–H and O–H groups in total. The number of piperidine rings is 1. The Morgan fingerprint density at radius 3 is 2.69 bits per heavy atom. The lowest BCUT2D eigenvalue weighted by Crippen LogP contribution is -2.37. The van der Waals surface area contributed by atoms with Crippen LogP contribution in [-0.4, -0.2) is 42.5 Å². The zero-order chi connectivity index (χ0) is 17.5. The molecular weight excluding hydrogens is 328 g/mol. The average Bonchev–Trinajstić information content (AvgIpc) is 3.28. The number of likely N-dealkylation sites (tertiary alicyclic amines) is 1. The van der Waals surface area contributed by atoms with Crippen LogP contribution in [0, 0.1) is 5.92 Å². The monoisotopic (exact) mass is 354 g/mol. The lowest BCUT2D eigenvalue weighted by atomic mass is 9.97. The largest absolute Gasteiger partial charge is 0.314 e. The lowest BCUT2D eigenvalue weighted by molar-refractivity contribution is 0.158. The Morgan fingerprint density at radius 1 is 1.04 bits per heavy atom. The average molecular weight is 354 g/mol. The van der Waals surface area contributed by atoms with Crippen LogP contribution in [-0.2, 0) is 26.1 Å². The first kappa shape index (κ1) is 16.2. The van der Waals surface area contributed by atoms with Crippen molar-refractivity contribution < 1.29 is 0 Å². The van der Waals surface area contributed by atoms with Crippen molar-refractivity contribution in [3.05, 3.63) is 39.8 Å². The molecule has 3 aliphatic rings. The molecule has 1 saturated heterocycles. The van der Waals surface area contributed by atoms with E-state index in [-0.39, 0.29) is 5.56 Å². The van der Waals surface area contributed by atoms with Gasteiger partial charge in [-0.3, -0.25) is 9.69 Å². The number of hydrogen-bond acceptors (Lipinski definition) is 5. The molecule has 1 saturated carbocycles. The summed E-state index contributed by atoms with van der Waals surface area (Å²) in [5.74, 6) is 3.39. The minimum absolute atomic E-state index is 0.0378. The summed E-state index contributed by atoms with van der Waals surface area (Å²) < 4.78 is 4.00. The van der Waals surface area contributed by atoms with Crippen molar-refractivity contribution in [3.63, 3.8) is 0 Å². The van der Waals surface area contributed by atoms with Crippen molar-refractivity contribution in [2.24, 2.45) is 5.92 Å². The molecule has 2 aliphatic heterocycles. The van der Waals surface area contributed by atoms with E-state index in [0.29, 0.717) is 11.8 Å². The summed E-state index contributed by atoms with van der Waals surface area (Å²) >= 11 is 0. The maximum Gasteiger partial charge on any atom is 0.266 e. The van der Waals surface area contributed by atoms with Gasteiger partial charge in [0.2, 0.25) is 0 Å². The third kappa shape index (κ3) is 3.20. The second-order valence-corrected chi connectivity index (χ2v) is 8.06. The van der Waals surface area contributed by atoms with E-state index in [1.54, 1.807) is 10.7 Å². The number of aryl methyl sites for hydroxylation is 1. The van der Waals surface area contributed by atoms with Gasteiger partial charge in [-0.1, -0.05) is 0 Å². The topological polar surface area (TPSA) is 68.8 Å². The van der Waals surface area contributed by atoms with Gasteiger partial charge in [-0.25, -0.2) is 4.68 Å². The Labute approximate surface area is 153 Å². The highest BCUT2D eigenvalue weighted by atomic mass is 16.1. The van der Waals surface area contributed by atoms with Gasteiger partial charge in [0, 0.05) is 31.5 Å². The summed E-state index contributed by atoms with van der Waals surface area (Å²) in [4.78, 5) is 14.6. The SMILES string of the molecule is O=c1ccc(C2CC2)nn1CC1CCN(Cc2nnc3n2CCC3)CC1. The van der Waals surface area contributed by atoms with Gasteiger partial charge in [0.1, 0.15) is 11.6 Å². The van der Waals surface area contributed by atoms with Gasteiger partial charge in [0.05, 0.1) is 12.2 Å².